The number of amides is 3. The number of nitrogens with zero attached hydrogens (tertiary/aromatic N) is 2. The predicted molar refractivity (Wildman–Crippen MR) is 115 cm³/mol. The molecule has 3 amide bonds. The Bertz CT molecular complexity index is 1140. The summed E-state index contributed by atoms with van der Waals surface area (Å²) in [6.45, 7) is 0.140. The first-order valence-corrected chi connectivity index (χ1v) is 8.93. The summed E-state index contributed by atoms with van der Waals surface area (Å²) in [4.78, 5) is 28.5. The van der Waals surface area contributed by atoms with Crippen LogP contribution in [-0.2, 0) is 6.54 Å². The number of urea groups is 1. The standard InChI is InChI=1S/C21H19N6O3/c22-10-15(11-23)17-9-13(6-7-16(17)20(28)27-30)12-25-21(29)26-18-5-1-3-14-4-2-8-24-19(14)18/h1-11,30H,12,22H2,(H,27,28)(H2,25,26,29)/q-1/b15-10+. The van der Waals surface area contributed by atoms with Crippen molar-refractivity contribution in [3.63, 3.8) is 0 Å². The normalized spacial score (nSPS) is 11.0. The van der Waals surface area contributed by atoms with Gasteiger partial charge in [0.1, 0.15) is 0 Å². The van der Waals surface area contributed by atoms with Crippen LogP contribution in [0.25, 0.3) is 21.9 Å². The van der Waals surface area contributed by atoms with E-state index in [-0.39, 0.29) is 17.7 Å². The van der Waals surface area contributed by atoms with Crippen LogP contribution in [0.2, 0.25) is 0 Å². The van der Waals surface area contributed by atoms with Crippen molar-refractivity contribution in [2.24, 2.45) is 5.73 Å². The van der Waals surface area contributed by atoms with Crippen molar-refractivity contribution in [1.82, 2.24) is 15.8 Å². The van der Waals surface area contributed by atoms with E-state index in [0.717, 1.165) is 17.8 Å². The van der Waals surface area contributed by atoms with Gasteiger partial charge in [0.15, 0.2) is 0 Å². The molecule has 0 saturated heterocycles. The highest BCUT2D eigenvalue weighted by molar-refractivity contribution is 6.15. The smallest absolute Gasteiger partial charge is 0.319 e. The van der Waals surface area contributed by atoms with E-state index in [2.05, 4.69) is 15.6 Å². The van der Waals surface area contributed by atoms with Gasteiger partial charge < -0.3 is 21.8 Å². The zero-order chi connectivity index (χ0) is 21.5. The number of nitrogens with one attached hydrogen (secondary N) is 3. The molecule has 1 aromatic heterocycles. The average Bonchev–Trinajstić information content (AvgIpc) is 2.78. The Morgan fingerprint density at radius 2 is 1.93 bits per heavy atom. The number of hydroxylamine groups is 1. The minimum absolute atomic E-state index is 0.106. The van der Waals surface area contributed by atoms with E-state index in [0.29, 0.717) is 22.3 Å². The highest BCUT2D eigenvalue weighted by Gasteiger charge is 2.13. The summed E-state index contributed by atoms with van der Waals surface area (Å²) < 4.78 is 0. The van der Waals surface area contributed by atoms with E-state index in [1.165, 1.54) is 6.07 Å². The minimum Gasteiger partial charge on any atom is -0.810 e. The third-order valence-electron chi connectivity index (χ3n) is 4.39. The number of nitrogens with two attached hydrogens (primary N) is 1. The Morgan fingerprint density at radius 3 is 2.67 bits per heavy atom. The lowest BCUT2D eigenvalue weighted by atomic mass is 9.97. The maximum Gasteiger partial charge on any atom is 0.319 e. The van der Waals surface area contributed by atoms with Gasteiger partial charge >= 0.3 is 6.03 Å². The molecule has 0 unspecified atom stereocenters. The molecular weight excluding hydrogens is 384 g/mol. The van der Waals surface area contributed by atoms with Crippen molar-refractivity contribution in [2.45, 2.75) is 6.54 Å². The Balaban J connectivity index is 1.76. The molecule has 0 aliphatic heterocycles. The number of rotatable bonds is 6. The fraction of sp³-hybridized carbons (Fsp3) is 0.0476. The molecule has 0 radical (unpaired) electrons. The number of anilines is 1. The van der Waals surface area contributed by atoms with E-state index in [9.17, 15) is 15.0 Å². The molecule has 3 aromatic rings. The summed E-state index contributed by atoms with van der Waals surface area (Å²) in [6, 6.07) is 13.4. The number of aromatic nitrogens is 1. The fourth-order valence-electron chi connectivity index (χ4n) is 2.95. The Morgan fingerprint density at radius 1 is 1.13 bits per heavy atom. The average molecular weight is 403 g/mol. The molecule has 3 rings (SSSR count). The monoisotopic (exact) mass is 403 g/mol. The zero-order valence-corrected chi connectivity index (χ0v) is 15.8. The van der Waals surface area contributed by atoms with Gasteiger partial charge in [-0.3, -0.25) is 15.0 Å². The molecule has 9 heteroatoms. The maximum absolute atomic E-state index is 12.4. The minimum atomic E-state index is -0.757. The number of pyridine rings is 1. The number of benzene rings is 2. The molecule has 0 saturated carbocycles. The third kappa shape index (κ3) is 4.42. The molecule has 152 valence electrons. The van der Waals surface area contributed by atoms with Crippen LogP contribution in [0, 0.1) is 0 Å². The summed E-state index contributed by atoms with van der Waals surface area (Å²) in [6.07, 6.45) is 3.53. The molecule has 30 heavy (non-hydrogen) atoms. The van der Waals surface area contributed by atoms with Gasteiger partial charge in [0.25, 0.3) is 5.91 Å². The molecule has 0 fully saturated rings. The van der Waals surface area contributed by atoms with Gasteiger partial charge in [-0.15, -0.1) is 0 Å². The molecule has 0 aliphatic carbocycles. The van der Waals surface area contributed by atoms with Crippen LogP contribution in [0.1, 0.15) is 21.5 Å². The number of hydrogen-bond donors (Lipinski definition) is 5. The van der Waals surface area contributed by atoms with Crippen LogP contribution in [0.3, 0.4) is 0 Å². The van der Waals surface area contributed by atoms with Gasteiger partial charge in [-0.25, -0.2) is 10.3 Å². The second kappa shape index (κ2) is 9.30. The molecular formula is C21H19N6O3-. The SMILES string of the molecule is [N-]=C/C(=C\N)c1cc(CNC(=O)Nc2cccc3cccnc23)ccc1C(=O)NO. The largest absolute Gasteiger partial charge is 0.810 e. The maximum atomic E-state index is 12.4. The second-order valence-electron chi connectivity index (χ2n) is 6.26. The fourth-order valence-corrected chi connectivity index (χ4v) is 2.95. The van der Waals surface area contributed by atoms with Gasteiger partial charge in [0, 0.05) is 23.7 Å². The highest BCUT2D eigenvalue weighted by Crippen LogP contribution is 2.21. The summed E-state index contributed by atoms with van der Waals surface area (Å²) in [5, 5.41) is 24.7. The summed E-state index contributed by atoms with van der Waals surface area (Å²) in [7, 11) is 0. The highest BCUT2D eigenvalue weighted by atomic mass is 16.5. The van der Waals surface area contributed by atoms with E-state index in [1.807, 2.05) is 24.3 Å². The molecule has 6 N–H and O–H groups in total. The van der Waals surface area contributed by atoms with Crippen molar-refractivity contribution in [3.05, 3.63) is 83.0 Å². The van der Waals surface area contributed by atoms with Gasteiger partial charge in [0.05, 0.1) is 11.2 Å². The lowest BCUT2D eigenvalue weighted by Gasteiger charge is -2.14. The quantitative estimate of drug-likeness (QED) is 0.243. The van der Waals surface area contributed by atoms with Crippen molar-refractivity contribution >= 4 is 40.3 Å². The number of para-hydroxylation sites is 1. The summed E-state index contributed by atoms with van der Waals surface area (Å²) in [5.41, 5.74) is 9.52. The van der Waals surface area contributed by atoms with Crippen LogP contribution in [0.15, 0.2) is 60.9 Å². The van der Waals surface area contributed by atoms with E-state index in [4.69, 9.17) is 10.9 Å². The Hall–Kier alpha value is -4.24. The molecule has 1 heterocycles. The lowest BCUT2D eigenvalue weighted by Crippen LogP contribution is -2.28. The molecule has 0 spiro atoms. The number of allylic oxidation sites excluding steroid dienone is 1. The summed E-state index contributed by atoms with van der Waals surface area (Å²) in [5.74, 6) is -0.757. The van der Waals surface area contributed by atoms with E-state index < -0.39 is 11.9 Å². The van der Waals surface area contributed by atoms with Crippen molar-refractivity contribution in [3.8, 4) is 0 Å². The second-order valence-corrected chi connectivity index (χ2v) is 6.26. The molecule has 0 atom stereocenters. The van der Waals surface area contributed by atoms with Gasteiger partial charge in [-0.2, -0.15) is 6.21 Å². The molecule has 2 aromatic carbocycles. The molecule has 9 nitrogen and oxygen atoms in total. The third-order valence-corrected chi connectivity index (χ3v) is 4.39. The topological polar surface area (TPSA) is 152 Å². The Labute approximate surface area is 172 Å². The van der Waals surface area contributed by atoms with Crippen LogP contribution >= 0.6 is 0 Å². The number of hydrogen-bond acceptors (Lipinski definition) is 5. The van der Waals surface area contributed by atoms with Crippen molar-refractivity contribution in [1.29, 1.82) is 0 Å². The molecule has 0 aliphatic rings. The van der Waals surface area contributed by atoms with Crippen LogP contribution in [-0.4, -0.2) is 28.3 Å². The van der Waals surface area contributed by atoms with Gasteiger partial charge in [0.2, 0.25) is 0 Å². The van der Waals surface area contributed by atoms with Crippen LogP contribution in [0.4, 0.5) is 10.5 Å². The van der Waals surface area contributed by atoms with E-state index in [1.54, 1.807) is 29.9 Å². The van der Waals surface area contributed by atoms with Crippen molar-refractivity contribution in [2.75, 3.05) is 5.32 Å². The first-order valence-electron chi connectivity index (χ1n) is 8.93. The van der Waals surface area contributed by atoms with Gasteiger partial charge in [-0.05, 0) is 47.2 Å². The number of carbonyl (C=O) groups excluding carboxylic acids is 2. The summed E-state index contributed by atoms with van der Waals surface area (Å²) >= 11 is 0. The Kier molecular flexibility index (Phi) is 6.36. The predicted octanol–water partition coefficient (Wildman–Crippen LogP) is 2.62. The number of carbonyl (C=O) groups is 2. The van der Waals surface area contributed by atoms with Crippen LogP contribution < -0.4 is 21.8 Å². The first kappa shape index (κ1) is 20.5. The van der Waals surface area contributed by atoms with Crippen LogP contribution in [0.5, 0.6) is 0 Å². The zero-order valence-electron chi connectivity index (χ0n) is 15.8. The molecule has 0 bridgehead atoms. The lowest BCUT2D eigenvalue weighted by molar-refractivity contribution is 0.0706. The first-order chi connectivity index (χ1) is 14.6. The van der Waals surface area contributed by atoms with E-state index >= 15 is 0 Å². The van der Waals surface area contributed by atoms with Gasteiger partial charge in [-0.1, -0.05) is 24.3 Å². The van der Waals surface area contributed by atoms with Crippen molar-refractivity contribution < 1.29 is 14.8 Å². The number of fused-ring (bicyclic) bond motifs is 1.